The average molecular weight is 243 g/mol. The Morgan fingerprint density at radius 2 is 1.83 bits per heavy atom. The number of furan rings is 1. The van der Waals surface area contributed by atoms with Crippen LogP contribution in [0.2, 0.25) is 0 Å². The lowest BCUT2D eigenvalue weighted by atomic mass is 10.1. The average Bonchev–Trinajstić information content (AvgIpc) is 2.90. The van der Waals surface area contributed by atoms with Crippen molar-refractivity contribution in [2.45, 2.75) is 38.8 Å². The summed E-state index contributed by atoms with van der Waals surface area (Å²) in [5, 5.41) is 3.62. The molecule has 0 fully saturated rings. The Hall–Kier alpha value is -1.54. The van der Waals surface area contributed by atoms with E-state index in [0.717, 1.165) is 18.6 Å². The van der Waals surface area contributed by atoms with Gasteiger partial charge < -0.3 is 9.73 Å². The van der Waals surface area contributed by atoms with E-state index in [-0.39, 0.29) is 0 Å². The van der Waals surface area contributed by atoms with Crippen molar-refractivity contribution in [3.05, 3.63) is 60.1 Å². The van der Waals surface area contributed by atoms with Crippen LogP contribution in [0.3, 0.4) is 0 Å². The van der Waals surface area contributed by atoms with Gasteiger partial charge in [0.1, 0.15) is 5.76 Å². The molecule has 1 aromatic heterocycles. The summed E-state index contributed by atoms with van der Waals surface area (Å²) in [6.07, 6.45) is 3.81. The molecule has 2 aromatic rings. The van der Waals surface area contributed by atoms with Crippen molar-refractivity contribution in [1.29, 1.82) is 0 Å². The van der Waals surface area contributed by atoms with Gasteiger partial charge in [0, 0.05) is 18.5 Å². The Morgan fingerprint density at radius 1 is 1.06 bits per heavy atom. The second-order valence-electron chi connectivity index (χ2n) is 4.82. The van der Waals surface area contributed by atoms with Gasteiger partial charge in [-0.05, 0) is 38.0 Å². The highest BCUT2D eigenvalue weighted by atomic mass is 16.3. The minimum Gasteiger partial charge on any atom is -0.469 e. The van der Waals surface area contributed by atoms with Gasteiger partial charge in [0.05, 0.1) is 6.26 Å². The van der Waals surface area contributed by atoms with E-state index in [1.165, 1.54) is 5.56 Å². The van der Waals surface area contributed by atoms with E-state index < -0.39 is 0 Å². The molecule has 0 unspecified atom stereocenters. The van der Waals surface area contributed by atoms with Crippen LogP contribution in [0, 0.1) is 0 Å². The Bertz CT molecular complexity index is 435. The molecule has 0 spiro atoms. The first-order chi connectivity index (χ1) is 8.75. The molecule has 0 saturated heterocycles. The van der Waals surface area contributed by atoms with Gasteiger partial charge in [-0.1, -0.05) is 30.3 Å². The van der Waals surface area contributed by atoms with Gasteiger partial charge in [-0.15, -0.1) is 0 Å². The van der Waals surface area contributed by atoms with Crippen LogP contribution in [-0.4, -0.2) is 6.04 Å². The first-order valence-electron chi connectivity index (χ1n) is 6.59. The molecular weight excluding hydrogens is 222 g/mol. The summed E-state index contributed by atoms with van der Waals surface area (Å²) in [4.78, 5) is 0. The fraction of sp³-hybridized carbons (Fsp3) is 0.375. The number of aryl methyl sites for hydroxylation is 1. The molecule has 2 atom stereocenters. The monoisotopic (exact) mass is 243 g/mol. The number of rotatable bonds is 6. The van der Waals surface area contributed by atoms with Gasteiger partial charge in [-0.2, -0.15) is 0 Å². The van der Waals surface area contributed by atoms with Gasteiger partial charge in [0.15, 0.2) is 0 Å². The molecule has 0 amide bonds. The van der Waals surface area contributed by atoms with Gasteiger partial charge in [0.25, 0.3) is 0 Å². The summed E-state index contributed by atoms with van der Waals surface area (Å²) in [6, 6.07) is 15.4. The Labute approximate surface area is 109 Å². The summed E-state index contributed by atoms with van der Waals surface area (Å²) in [5.41, 5.74) is 1.34. The van der Waals surface area contributed by atoms with E-state index in [1.54, 1.807) is 6.26 Å². The van der Waals surface area contributed by atoms with Crippen LogP contribution in [0.15, 0.2) is 53.1 Å². The summed E-state index contributed by atoms with van der Waals surface area (Å²) >= 11 is 0. The highest BCUT2D eigenvalue weighted by Gasteiger charge is 2.09. The summed E-state index contributed by atoms with van der Waals surface area (Å²) < 4.78 is 5.35. The molecule has 0 saturated carbocycles. The molecule has 0 aliphatic rings. The molecule has 0 radical (unpaired) electrons. The smallest absolute Gasteiger partial charge is 0.103 e. The standard InChI is InChI=1S/C16H21NO/c1-13(10-11-16-9-6-12-18-16)17-14(2)15-7-4-3-5-8-15/h3-9,12-14,17H,10-11H2,1-2H3/t13-,14+/m1/s1. The van der Waals surface area contributed by atoms with Gasteiger partial charge in [0.2, 0.25) is 0 Å². The zero-order chi connectivity index (χ0) is 12.8. The third kappa shape index (κ3) is 3.74. The molecule has 0 aliphatic heterocycles. The molecule has 0 aliphatic carbocycles. The molecule has 0 bridgehead atoms. The second kappa shape index (κ2) is 6.41. The lowest BCUT2D eigenvalue weighted by molar-refractivity contribution is 0.430. The molecule has 2 heteroatoms. The molecule has 96 valence electrons. The SMILES string of the molecule is C[C@H](CCc1ccco1)N[C@@H](C)c1ccccc1. The lowest BCUT2D eigenvalue weighted by Gasteiger charge is -2.20. The Morgan fingerprint density at radius 3 is 2.50 bits per heavy atom. The van der Waals surface area contributed by atoms with Gasteiger partial charge in [-0.25, -0.2) is 0 Å². The number of benzene rings is 1. The minimum absolute atomic E-state index is 0.387. The van der Waals surface area contributed by atoms with Crippen LogP contribution in [0.5, 0.6) is 0 Å². The zero-order valence-electron chi connectivity index (χ0n) is 11.1. The second-order valence-corrected chi connectivity index (χ2v) is 4.82. The third-order valence-electron chi connectivity index (χ3n) is 3.24. The highest BCUT2D eigenvalue weighted by Crippen LogP contribution is 2.13. The topological polar surface area (TPSA) is 25.2 Å². The predicted molar refractivity (Wildman–Crippen MR) is 74.5 cm³/mol. The molecule has 1 N–H and O–H groups in total. The van der Waals surface area contributed by atoms with E-state index in [9.17, 15) is 0 Å². The minimum atomic E-state index is 0.387. The van der Waals surface area contributed by atoms with E-state index in [4.69, 9.17) is 4.42 Å². The third-order valence-corrected chi connectivity index (χ3v) is 3.24. The number of nitrogens with one attached hydrogen (secondary N) is 1. The molecule has 2 rings (SSSR count). The first kappa shape index (κ1) is 12.9. The molecular formula is C16H21NO. The van der Waals surface area contributed by atoms with E-state index in [1.807, 2.05) is 12.1 Å². The van der Waals surface area contributed by atoms with Crippen LogP contribution in [0.25, 0.3) is 0 Å². The maximum absolute atomic E-state index is 5.35. The quantitative estimate of drug-likeness (QED) is 0.831. The van der Waals surface area contributed by atoms with Crippen molar-refractivity contribution in [2.24, 2.45) is 0 Å². The number of hydrogen-bond donors (Lipinski definition) is 1. The van der Waals surface area contributed by atoms with Crippen LogP contribution < -0.4 is 5.32 Å². The maximum atomic E-state index is 5.35. The Balaban J connectivity index is 1.78. The van der Waals surface area contributed by atoms with Gasteiger partial charge in [-0.3, -0.25) is 0 Å². The fourth-order valence-corrected chi connectivity index (χ4v) is 2.16. The first-order valence-corrected chi connectivity index (χ1v) is 6.59. The molecule has 1 aromatic carbocycles. The normalized spacial score (nSPS) is 14.3. The number of hydrogen-bond acceptors (Lipinski definition) is 2. The van der Waals surface area contributed by atoms with Crippen molar-refractivity contribution < 1.29 is 4.42 Å². The maximum Gasteiger partial charge on any atom is 0.103 e. The van der Waals surface area contributed by atoms with Crippen LogP contribution in [0.1, 0.15) is 37.6 Å². The van der Waals surface area contributed by atoms with Crippen molar-refractivity contribution in [1.82, 2.24) is 5.32 Å². The summed E-state index contributed by atoms with van der Waals surface area (Å²) in [7, 11) is 0. The van der Waals surface area contributed by atoms with Gasteiger partial charge >= 0.3 is 0 Å². The Kier molecular flexibility index (Phi) is 4.59. The van der Waals surface area contributed by atoms with Crippen LogP contribution in [0.4, 0.5) is 0 Å². The van der Waals surface area contributed by atoms with E-state index >= 15 is 0 Å². The fourth-order valence-electron chi connectivity index (χ4n) is 2.16. The van der Waals surface area contributed by atoms with Crippen molar-refractivity contribution in [3.8, 4) is 0 Å². The largest absolute Gasteiger partial charge is 0.469 e. The van der Waals surface area contributed by atoms with Crippen LogP contribution >= 0.6 is 0 Å². The highest BCUT2D eigenvalue weighted by molar-refractivity contribution is 5.18. The molecule has 1 heterocycles. The summed E-state index contributed by atoms with van der Waals surface area (Å²) in [6.45, 7) is 4.43. The lowest BCUT2D eigenvalue weighted by Crippen LogP contribution is -2.29. The van der Waals surface area contributed by atoms with Crippen LogP contribution in [-0.2, 0) is 6.42 Å². The van der Waals surface area contributed by atoms with E-state index in [2.05, 4.69) is 49.5 Å². The van der Waals surface area contributed by atoms with E-state index in [0.29, 0.717) is 12.1 Å². The predicted octanol–water partition coefficient (Wildman–Crippen LogP) is 3.95. The van der Waals surface area contributed by atoms with Crippen molar-refractivity contribution in [2.75, 3.05) is 0 Å². The molecule has 2 nitrogen and oxygen atoms in total. The zero-order valence-corrected chi connectivity index (χ0v) is 11.1. The van der Waals surface area contributed by atoms with Crippen molar-refractivity contribution >= 4 is 0 Å². The molecule has 18 heavy (non-hydrogen) atoms. The van der Waals surface area contributed by atoms with Crippen molar-refractivity contribution in [3.63, 3.8) is 0 Å². The summed E-state index contributed by atoms with van der Waals surface area (Å²) in [5.74, 6) is 1.07.